The van der Waals surface area contributed by atoms with E-state index in [-0.39, 0.29) is 12.5 Å². The summed E-state index contributed by atoms with van der Waals surface area (Å²) in [6, 6.07) is 15.3. The average Bonchev–Trinajstić information content (AvgIpc) is 2.56. The average molecular weight is 306 g/mol. The minimum Gasteiger partial charge on any atom is -0.481 e. The third-order valence-electron chi connectivity index (χ3n) is 3.75. The van der Waals surface area contributed by atoms with Crippen LogP contribution < -0.4 is 10.1 Å². The molecule has 0 atom stereocenters. The van der Waals surface area contributed by atoms with E-state index in [4.69, 9.17) is 4.74 Å². The van der Waals surface area contributed by atoms with Gasteiger partial charge in [-0.15, -0.1) is 0 Å². The van der Waals surface area contributed by atoms with E-state index >= 15 is 0 Å². The Kier molecular flexibility index (Phi) is 4.24. The lowest BCUT2D eigenvalue weighted by Gasteiger charge is -2.10. The number of anilines is 1. The molecule has 0 unspecified atom stereocenters. The number of nitrogens with one attached hydrogen (secondary N) is 1. The van der Waals surface area contributed by atoms with Gasteiger partial charge in [0.2, 0.25) is 0 Å². The van der Waals surface area contributed by atoms with E-state index in [1.165, 1.54) is 5.56 Å². The van der Waals surface area contributed by atoms with E-state index in [0.717, 1.165) is 22.2 Å². The van der Waals surface area contributed by atoms with Crippen molar-refractivity contribution >= 4 is 22.5 Å². The highest BCUT2D eigenvalue weighted by atomic mass is 16.5. The van der Waals surface area contributed by atoms with Gasteiger partial charge in [-0.2, -0.15) is 0 Å². The zero-order valence-electron chi connectivity index (χ0n) is 13.2. The Morgan fingerprint density at radius 1 is 1.09 bits per heavy atom. The maximum atomic E-state index is 12.1. The minimum absolute atomic E-state index is 0.0530. The third-order valence-corrected chi connectivity index (χ3v) is 3.75. The van der Waals surface area contributed by atoms with Crippen LogP contribution in [0.4, 0.5) is 5.69 Å². The van der Waals surface area contributed by atoms with Gasteiger partial charge in [0.15, 0.2) is 6.61 Å². The van der Waals surface area contributed by atoms with Crippen LogP contribution in [0.5, 0.6) is 5.75 Å². The first-order valence-electron chi connectivity index (χ1n) is 7.47. The first kappa shape index (κ1) is 15.0. The second kappa shape index (κ2) is 6.48. The number of hydrogen-bond donors (Lipinski definition) is 1. The van der Waals surface area contributed by atoms with E-state index < -0.39 is 0 Å². The maximum absolute atomic E-state index is 12.1. The van der Waals surface area contributed by atoms with Gasteiger partial charge in [0.25, 0.3) is 5.91 Å². The topological polar surface area (TPSA) is 51.2 Å². The molecule has 4 heteroatoms. The normalized spacial score (nSPS) is 10.5. The predicted molar refractivity (Wildman–Crippen MR) is 91.8 cm³/mol. The number of pyridine rings is 1. The number of hydrogen-bond acceptors (Lipinski definition) is 3. The van der Waals surface area contributed by atoms with Crippen LogP contribution in [-0.2, 0) is 4.79 Å². The maximum Gasteiger partial charge on any atom is 0.262 e. The zero-order valence-corrected chi connectivity index (χ0v) is 13.2. The zero-order chi connectivity index (χ0) is 16.2. The minimum atomic E-state index is -0.193. The lowest BCUT2D eigenvalue weighted by molar-refractivity contribution is -0.118. The molecule has 0 aliphatic carbocycles. The fourth-order valence-corrected chi connectivity index (χ4v) is 2.35. The van der Waals surface area contributed by atoms with E-state index in [2.05, 4.69) is 10.3 Å². The van der Waals surface area contributed by atoms with Crippen LogP contribution in [0.3, 0.4) is 0 Å². The number of aromatic nitrogens is 1. The predicted octanol–water partition coefficient (Wildman–Crippen LogP) is 3.87. The molecule has 1 heterocycles. The molecule has 1 amide bonds. The summed E-state index contributed by atoms with van der Waals surface area (Å²) >= 11 is 0. The van der Waals surface area contributed by atoms with Crippen molar-refractivity contribution in [3.8, 4) is 5.75 Å². The molecular formula is C19H18N2O2. The molecule has 0 bridgehead atoms. The molecule has 3 rings (SSSR count). The molecule has 0 fully saturated rings. The fourth-order valence-electron chi connectivity index (χ4n) is 2.35. The Morgan fingerprint density at radius 3 is 2.74 bits per heavy atom. The largest absolute Gasteiger partial charge is 0.481 e. The van der Waals surface area contributed by atoms with Crippen LogP contribution in [0.25, 0.3) is 10.9 Å². The summed E-state index contributed by atoms with van der Waals surface area (Å²) in [4.78, 5) is 16.4. The smallest absolute Gasteiger partial charge is 0.262 e. The number of fused-ring (bicyclic) bond motifs is 1. The van der Waals surface area contributed by atoms with E-state index in [0.29, 0.717) is 5.75 Å². The summed E-state index contributed by atoms with van der Waals surface area (Å²) in [5, 5.41) is 3.83. The number of amides is 1. The molecule has 0 aliphatic heterocycles. The molecule has 3 aromatic rings. The number of rotatable bonds is 4. The van der Waals surface area contributed by atoms with Crippen molar-refractivity contribution in [1.82, 2.24) is 4.98 Å². The van der Waals surface area contributed by atoms with Gasteiger partial charge in [-0.05, 0) is 49.2 Å². The van der Waals surface area contributed by atoms with Gasteiger partial charge in [-0.25, -0.2) is 0 Å². The highest BCUT2D eigenvalue weighted by Gasteiger charge is 2.07. The highest BCUT2D eigenvalue weighted by molar-refractivity contribution is 5.92. The Labute approximate surface area is 135 Å². The first-order chi connectivity index (χ1) is 11.1. The van der Waals surface area contributed by atoms with Crippen molar-refractivity contribution in [3.05, 3.63) is 65.9 Å². The van der Waals surface area contributed by atoms with Crippen LogP contribution in [0.15, 0.2) is 54.7 Å². The van der Waals surface area contributed by atoms with Gasteiger partial charge >= 0.3 is 0 Å². The Hall–Kier alpha value is -2.88. The first-order valence-corrected chi connectivity index (χ1v) is 7.47. The summed E-state index contributed by atoms with van der Waals surface area (Å²) < 4.78 is 5.63. The molecule has 4 nitrogen and oxygen atoms in total. The standard InChI is InChI=1S/C19H18N2O2/c1-13-8-9-16(11-14(13)2)21-18(22)12-23-17-7-3-5-15-6-4-10-20-19(15)17/h3-11H,12H2,1-2H3,(H,21,22). The van der Waals surface area contributed by atoms with Gasteiger partial charge in [-0.3, -0.25) is 9.78 Å². The fraction of sp³-hybridized carbons (Fsp3) is 0.158. The van der Waals surface area contributed by atoms with Crippen LogP contribution in [0.1, 0.15) is 11.1 Å². The SMILES string of the molecule is Cc1ccc(NC(=O)COc2cccc3cccnc23)cc1C. The van der Waals surface area contributed by atoms with Crippen molar-refractivity contribution in [2.45, 2.75) is 13.8 Å². The number of nitrogens with zero attached hydrogens (tertiary/aromatic N) is 1. The van der Waals surface area contributed by atoms with Gasteiger partial charge in [0.1, 0.15) is 11.3 Å². The van der Waals surface area contributed by atoms with E-state index in [1.807, 2.05) is 62.4 Å². The lowest BCUT2D eigenvalue weighted by atomic mass is 10.1. The molecule has 0 saturated carbocycles. The molecule has 23 heavy (non-hydrogen) atoms. The Morgan fingerprint density at radius 2 is 1.91 bits per heavy atom. The monoisotopic (exact) mass is 306 g/mol. The van der Waals surface area contributed by atoms with Gasteiger partial charge in [-0.1, -0.05) is 24.3 Å². The molecule has 0 radical (unpaired) electrons. The molecule has 0 saturated heterocycles. The Balaban J connectivity index is 1.67. The quantitative estimate of drug-likeness (QED) is 0.796. The number of ether oxygens (including phenoxy) is 1. The van der Waals surface area contributed by atoms with Gasteiger partial charge in [0.05, 0.1) is 0 Å². The molecule has 2 aromatic carbocycles. The lowest BCUT2D eigenvalue weighted by Crippen LogP contribution is -2.20. The molecule has 116 valence electrons. The molecule has 0 spiro atoms. The van der Waals surface area contributed by atoms with Crippen LogP contribution in [0, 0.1) is 13.8 Å². The van der Waals surface area contributed by atoms with Crippen molar-refractivity contribution in [2.75, 3.05) is 11.9 Å². The second-order valence-electron chi connectivity index (χ2n) is 5.47. The summed E-state index contributed by atoms with van der Waals surface area (Å²) in [6.07, 6.45) is 1.71. The highest BCUT2D eigenvalue weighted by Crippen LogP contribution is 2.23. The van der Waals surface area contributed by atoms with Crippen molar-refractivity contribution in [3.63, 3.8) is 0 Å². The van der Waals surface area contributed by atoms with Gasteiger partial charge < -0.3 is 10.1 Å². The van der Waals surface area contributed by atoms with Crippen LogP contribution >= 0.6 is 0 Å². The summed E-state index contributed by atoms with van der Waals surface area (Å²) in [6.45, 7) is 4.00. The molecule has 1 N–H and O–H groups in total. The van der Waals surface area contributed by atoms with Crippen molar-refractivity contribution in [1.29, 1.82) is 0 Å². The molecule has 0 aliphatic rings. The summed E-state index contributed by atoms with van der Waals surface area (Å²) in [5.41, 5.74) is 3.87. The van der Waals surface area contributed by atoms with Gasteiger partial charge in [0, 0.05) is 17.3 Å². The Bertz CT molecular complexity index is 854. The number of para-hydroxylation sites is 1. The number of carbonyl (C=O) groups is 1. The number of carbonyl (C=O) groups excluding carboxylic acids is 1. The molecular weight excluding hydrogens is 288 g/mol. The third kappa shape index (κ3) is 3.48. The molecule has 1 aromatic heterocycles. The summed E-state index contributed by atoms with van der Waals surface area (Å²) in [5.74, 6) is 0.416. The van der Waals surface area contributed by atoms with E-state index in [1.54, 1.807) is 6.20 Å². The van der Waals surface area contributed by atoms with Crippen molar-refractivity contribution in [2.24, 2.45) is 0 Å². The van der Waals surface area contributed by atoms with Crippen LogP contribution in [0.2, 0.25) is 0 Å². The second-order valence-corrected chi connectivity index (χ2v) is 5.47. The van der Waals surface area contributed by atoms with E-state index in [9.17, 15) is 4.79 Å². The number of benzene rings is 2. The number of aryl methyl sites for hydroxylation is 2. The summed E-state index contributed by atoms with van der Waals surface area (Å²) in [7, 11) is 0. The van der Waals surface area contributed by atoms with Crippen molar-refractivity contribution < 1.29 is 9.53 Å². The van der Waals surface area contributed by atoms with Crippen LogP contribution in [-0.4, -0.2) is 17.5 Å².